The molecule has 0 atom stereocenters. The van der Waals surface area contributed by atoms with Crippen molar-refractivity contribution < 1.29 is 23.7 Å². The molecule has 0 radical (unpaired) electrons. The summed E-state index contributed by atoms with van der Waals surface area (Å²) in [5.74, 6) is 2.87. The average molecular weight is 455 g/mol. The summed E-state index contributed by atoms with van der Waals surface area (Å²) in [6, 6.07) is 21.8. The van der Waals surface area contributed by atoms with E-state index in [9.17, 15) is 4.79 Å². The first-order valence-electron chi connectivity index (χ1n) is 10.6. The van der Waals surface area contributed by atoms with Gasteiger partial charge in [0.25, 0.3) is 5.91 Å². The van der Waals surface area contributed by atoms with E-state index in [1.165, 1.54) is 6.33 Å². The predicted molar refractivity (Wildman–Crippen MR) is 124 cm³/mol. The molecule has 0 bridgehead atoms. The van der Waals surface area contributed by atoms with Crippen LogP contribution in [0.25, 0.3) is 11.3 Å². The van der Waals surface area contributed by atoms with E-state index >= 15 is 0 Å². The van der Waals surface area contributed by atoms with Gasteiger partial charge in [0.1, 0.15) is 17.8 Å². The fourth-order valence-electron chi connectivity index (χ4n) is 3.49. The Bertz CT molecular complexity index is 1340. The van der Waals surface area contributed by atoms with Gasteiger partial charge in [-0.2, -0.15) is 0 Å². The number of aromatic nitrogens is 2. The monoisotopic (exact) mass is 455 g/mol. The van der Waals surface area contributed by atoms with Crippen LogP contribution in [-0.2, 0) is 6.54 Å². The van der Waals surface area contributed by atoms with Gasteiger partial charge in [-0.25, -0.2) is 9.97 Å². The summed E-state index contributed by atoms with van der Waals surface area (Å²) in [6.07, 6.45) is 1.43. The first kappa shape index (κ1) is 21.3. The largest absolute Gasteiger partial charge is 0.497 e. The molecule has 0 saturated heterocycles. The number of carbonyl (C=O) groups is 1. The summed E-state index contributed by atoms with van der Waals surface area (Å²) >= 11 is 0. The van der Waals surface area contributed by atoms with E-state index in [1.54, 1.807) is 31.4 Å². The third-order valence-electron chi connectivity index (χ3n) is 5.22. The van der Waals surface area contributed by atoms with E-state index in [4.69, 9.17) is 18.9 Å². The molecule has 3 aromatic carbocycles. The van der Waals surface area contributed by atoms with Crippen molar-refractivity contribution in [2.24, 2.45) is 0 Å². The van der Waals surface area contributed by atoms with Crippen LogP contribution in [0.4, 0.5) is 0 Å². The smallest absolute Gasteiger partial charge is 0.251 e. The Hall–Kier alpha value is -4.59. The lowest BCUT2D eigenvalue weighted by molar-refractivity contribution is 0.0951. The van der Waals surface area contributed by atoms with Crippen molar-refractivity contribution in [3.63, 3.8) is 0 Å². The number of hydrogen-bond acceptors (Lipinski definition) is 7. The van der Waals surface area contributed by atoms with Gasteiger partial charge >= 0.3 is 0 Å². The van der Waals surface area contributed by atoms with Crippen molar-refractivity contribution in [3.05, 3.63) is 90.3 Å². The number of benzene rings is 3. The van der Waals surface area contributed by atoms with E-state index in [-0.39, 0.29) is 12.7 Å². The summed E-state index contributed by atoms with van der Waals surface area (Å²) in [6.45, 7) is 0.582. The minimum absolute atomic E-state index is 0.193. The van der Waals surface area contributed by atoms with E-state index < -0.39 is 0 Å². The number of fused-ring (bicyclic) bond motifs is 1. The highest BCUT2D eigenvalue weighted by molar-refractivity contribution is 5.95. The number of hydrogen-bond donors (Lipinski definition) is 1. The fourth-order valence-corrected chi connectivity index (χ4v) is 3.49. The molecule has 170 valence electrons. The van der Waals surface area contributed by atoms with Gasteiger partial charge in [-0.05, 0) is 42.0 Å². The minimum Gasteiger partial charge on any atom is -0.497 e. The van der Waals surface area contributed by atoms with Gasteiger partial charge in [0.2, 0.25) is 12.7 Å². The molecule has 4 aromatic rings. The predicted octanol–water partition coefficient (Wildman–Crippen LogP) is 4.60. The number of carbonyl (C=O) groups excluding carboxylic acids is 1. The molecule has 1 aromatic heterocycles. The standard InChI is InChI=1S/C26H21N3O5/c1-31-20-6-3-7-21(12-20)34-25-13-22(28-15-29-25)18-4-2-5-19(11-18)26(30)27-14-17-8-9-23-24(10-17)33-16-32-23/h2-13,15H,14,16H2,1H3,(H,27,30). The van der Waals surface area contributed by atoms with Crippen molar-refractivity contribution in [1.82, 2.24) is 15.3 Å². The Morgan fingerprint density at radius 2 is 1.79 bits per heavy atom. The maximum absolute atomic E-state index is 12.8. The van der Waals surface area contributed by atoms with Crippen LogP contribution in [0.3, 0.4) is 0 Å². The number of methoxy groups -OCH3 is 1. The minimum atomic E-state index is -0.193. The van der Waals surface area contributed by atoms with E-state index in [1.807, 2.05) is 48.5 Å². The first-order chi connectivity index (χ1) is 16.7. The van der Waals surface area contributed by atoms with Crippen LogP contribution in [0.5, 0.6) is 28.9 Å². The zero-order chi connectivity index (χ0) is 23.3. The molecule has 0 fully saturated rings. The van der Waals surface area contributed by atoms with Crippen molar-refractivity contribution in [2.45, 2.75) is 6.54 Å². The van der Waals surface area contributed by atoms with Gasteiger partial charge in [-0.3, -0.25) is 4.79 Å². The third kappa shape index (κ3) is 4.75. The Kier molecular flexibility index (Phi) is 5.94. The molecule has 0 saturated carbocycles. The normalized spacial score (nSPS) is 11.7. The van der Waals surface area contributed by atoms with Gasteiger partial charge in [0, 0.05) is 29.8 Å². The van der Waals surface area contributed by atoms with Crippen LogP contribution in [-0.4, -0.2) is 29.8 Å². The fraction of sp³-hybridized carbons (Fsp3) is 0.115. The molecule has 8 nitrogen and oxygen atoms in total. The van der Waals surface area contributed by atoms with Crippen LogP contribution in [0, 0.1) is 0 Å². The number of ether oxygens (including phenoxy) is 4. The number of nitrogens with zero attached hydrogens (tertiary/aromatic N) is 2. The highest BCUT2D eigenvalue weighted by atomic mass is 16.7. The van der Waals surface area contributed by atoms with Gasteiger partial charge in [0.15, 0.2) is 11.5 Å². The number of nitrogens with one attached hydrogen (secondary N) is 1. The number of amides is 1. The molecule has 0 aliphatic carbocycles. The molecule has 0 unspecified atom stereocenters. The summed E-state index contributed by atoms with van der Waals surface area (Å²) in [5.41, 5.74) is 2.85. The van der Waals surface area contributed by atoms with Crippen LogP contribution in [0.2, 0.25) is 0 Å². The Morgan fingerprint density at radius 1 is 0.941 bits per heavy atom. The molecule has 1 aliphatic heterocycles. The van der Waals surface area contributed by atoms with Crippen LogP contribution >= 0.6 is 0 Å². The van der Waals surface area contributed by atoms with Crippen molar-refractivity contribution in [2.75, 3.05) is 13.9 Å². The Morgan fingerprint density at radius 3 is 2.71 bits per heavy atom. The van der Waals surface area contributed by atoms with Crippen molar-refractivity contribution in [3.8, 4) is 40.1 Å². The molecule has 1 aliphatic rings. The second-order valence-corrected chi connectivity index (χ2v) is 7.47. The van der Waals surface area contributed by atoms with Gasteiger partial charge in [0.05, 0.1) is 12.8 Å². The zero-order valence-electron chi connectivity index (χ0n) is 18.4. The molecule has 8 heteroatoms. The highest BCUT2D eigenvalue weighted by Gasteiger charge is 2.14. The molecule has 2 heterocycles. The SMILES string of the molecule is COc1cccc(Oc2cc(-c3cccc(C(=O)NCc4ccc5c(c4)OCO5)c3)ncn2)c1. The molecule has 1 N–H and O–H groups in total. The average Bonchev–Trinajstić information content (AvgIpc) is 3.36. The van der Waals surface area contributed by atoms with Crippen molar-refractivity contribution in [1.29, 1.82) is 0 Å². The topological polar surface area (TPSA) is 91.8 Å². The van der Waals surface area contributed by atoms with E-state index in [2.05, 4.69) is 15.3 Å². The van der Waals surface area contributed by atoms with Crippen molar-refractivity contribution >= 4 is 5.91 Å². The lowest BCUT2D eigenvalue weighted by Gasteiger charge is -2.09. The Labute approximate surface area is 196 Å². The zero-order valence-corrected chi connectivity index (χ0v) is 18.4. The lowest BCUT2D eigenvalue weighted by Crippen LogP contribution is -2.22. The Balaban J connectivity index is 1.28. The molecule has 5 rings (SSSR count). The third-order valence-corrected chi connectivity index (χ3v) is 5.22. The number of rotatable bonds is 7. The van der Waals surface area contributed by atoms with Gasteiger partial charge in [-0.1, -0.05) is 24.3 Å². The quantitative estimate of drug-likeness (QED) is 0.435. The molecule has 1 amide bonds. The lowest BCUT2D eigenvalue weighted by atomic mass is 10.1. The molecular formula is C26H21N3O5. The van der Waals surface area contributed by atoms with E-state index in [0.29, 0.717) is 46.7 Å². The van der Waals surface area contributed by atoms with Gasteiger partial charge < -0.3 is 24.3 Å². The maximum Gasteiger partial charge on any atom is 0.251 e. The maximum atomic E-state index is 12.8. The molecular weight excluding hydrogens is 434 g/mol. The second-order valence-electron chi connectivity index (χ2n) is 7.47. The second kappa shape index (κ2) is 9.50. The molecule has 34 heavy (non-hydrogen) atoms. The van der Waals surface area contributed by atoms with Crippen LogP contribution < -0.4 is 24.3 Å². The summed E-state index contributed by atoms with van der Waals surface area (Å²) < 4.78 is 21.8. The summed E-state index contributed by atoms with van der Waals surface area (Å²) in [5, 5.41) is 2.94. The van der Waals surface area contributed by atoms with Crippen LogP contribution in [0.1, 0.15) is 15.9 Å². The summed E-state index contributed by atoms with van der Waals surface area (Å²) in [7, 11) is 1.60. The summed E-state index contributed by atoms with van der Waals surface area (Å²) in [4.78, 5) is 21.3. The highest BCUT2D eigenvalue weighted by Crippen LogP contribution is 2.32. The van der Waals surface area contributed by atoms with E-state index in [0.717, 1.165) is 11.1 Å². The van der Waals surface area contributed by atoms with Crippen LogP contribution in [0.15, 0.2) is 79.1 Å². The first-order valence-corrected chi connectivity index (χ1v) is 10.6. The molecule has 0 spiro atoms. The van der Waals surface area contributed by atoms with Gasteiger partial charge in [-0.15, -0.1) is 0 Å².